The molecule has 2 rings (SSSR count). The molecule has 1 heterocycles. The lowest BCUT2D eigenvalue weighted by molar-refractivity contribution is 0.169. The number of nitrogens with one attached hydrogen (secondary N) is 1. The van der Waals surface area contributed by atoms with E-state index in [1.807, 2.05) is 12.1 Å². The van der Waals surface area contributed by atoms with Crippen molar-refractivity contribution in [2.75, 3.05) is 26.2 Å². The lowest BCUT2D eigenvalue weighted by Crippen LogP contribution is -2.45. The van der Waals surface area contributed by atoms with Crippen LogP contribution < -0.4 is 5.32 Å². The Labute approximate surface area is 127 Å². The predicted molar refractivity (Wildman–Crippen MR) is 83.4 cm³/mol. The molecule has 0 unspecified atom stereocenters. The number of piperazine rings is 1. The molecule has 1 atom stereocenters. The molecule has 104 valence electrons. The lowest BCUT2D eigenvalue weighted by atomic mass is 10.0. The van der Waals surface area contributed by atoms with E-state index in [0.29, 0.717) is 6.04 Å². The van der Waals surface area contributed by atoms with Gasteiger partial charge in [-0.2, -0.15) is 0 Å². The number of benzene rings is 1. The molecular weight excluding hydrogens is 291 g/mol. The monoisotopic (exact) mass is 310 g/mol. The molecule has 1 aromatic carbocycles. The van der Waals surface area contributed by atoms with E-state index in [2.05, 4.69) is 29.3 Å². The first-order chi connectivity index (χ1) is 7.81. The van der Waals surface area contributed by atoms with Gasteiger partial charge >= 0.3 is 0 Å². The molecular formula is C13H21Cl3N2. The van der Waals surface area contributed by atoms with Crippen molar-refractivity contribution in [1.82, 2.24) is 10.2 Å². The summed E-state index contributed by atoms with van der Waals surface area (Å²) in [5, 5.41) is 4.23. The zero-order valence-corrected chi connectivity index (χ0v) is 13.0. The summed E-state index contributed by atoms with van der Waals surface area (Å²) in [6, 6.07) is 8.78. The van der Waals surface area contributed by atoms with Crippen LogP contribution in [0.5, 0.6) is 0 Å². The van der Waals surface area contributed by atoms with Gasteiger partial charge in [0.2, 0.25) is 0 Å². The van der Waals surface area contributed by atoms with Crippen LogP contribution in [0.2, 0.25) is 5.02 Å². The van der Waals surface area contributed by atoms with Crippen LogP contribution in [0.4, 0.5) is 0 Å². The summed E-state index contributed by atoms with van der Waals surface area (Å²) in [7, 11) is 0. The molecule has 0 bridgehead atoms. The number of nitrogens with zero attached hydrogens (tertiary/aromatic N) is 1. The van der Waals surface area contributed by atoms with Crippen LogP contribution in [0.1, 0.15) is 24.9 Å². The van der Waals surface area contributed by atoms with Gasteiger partial charge in [0, 0.05) is 37.2 Å². The molecule has 5 heteroatoms. The first-order valence-corrected chi connectivity index (χ1v) is 6.39. The molecule has 0 aliphatic carbocycles. The molecule has 18 heavy (non-hydrogen) atoms. The van der Waals surface area contributed by atoms with Crippen molar-refractivity contribution in [3.05, 3.63) is 34.9 Å². The lowest BCUT2D eigenvalue weighted by Gasteiger charge is -2.34. The van der Waals surface area contributed by atoms with Crippen molar-refractivity contribution in [1.29, 1.82) is 0 Å². The van der Waals surface area contributed by atoms with Crippen molar-refractivity contribution < 1.29 is 0 Å². The molecule has 0 amide bonds. The third-order valence-electron chi connectivity index (χ3n) is 3.21. The molecule has 0 radical (unpaired) electrons. The van der Waals surface area contributed by atoms with E-state index in [1.165, 1.54) is 5.56 Å². The van der Waals surface area contributed by atoms with E-state index in [9.17, 15) is 0 Å². The Bertz CT molecular complexity index is 341. The first kappa shape index (κ1) is 18.0. The maximum absolute atomic E-state index is 6.05. The first-order valence-electron chi connectivity index (χ1n) is 6.01. The zero-order chi connectivity index (χ0) is 11.4. The minimum Gasteiger partial charge on any atom is -0.314 e. The third kappa shape index (κ3) is 4.60. The van der Waals surface area contributed by atoms with E-state index >= 15 is 0 Å². The molecule has 1 fully saturated rings. The van der Waals surface area contributed by atoms with Crippen molar-refractivity contribution in [2.24, 2.45) is 0 Å². The maximum Gasteiger partial charge on any atom is 0.0409 e. The van der Waals surface area contributed by atoms with Crippen molar-refractivity contribution in [2.45, 2.75) is 19.4 Å². The van der Waals surface area contributed by atoms with Gasteiger partial charge in [-0.25, -0.2) is 0 Å². The molecule has 1 saturated heterocycles. The van der Waals surface area contributed by atoms with E-state index in [-0.39, 0.29) is 24.8 Å². The highest BCUT2D eigenvalue weighted by atomic mass is 35.5. The number of hydrogen-bond donors (Lipinski definition) is 1. The Morgan fingerprint density at radius 3 is 2.50 bits per heavy atom. The fraction of sp³-hybridized carbons (Fsp3) is 0.538. The Kier molecular flexibility index (Phi) is 9.01. The number of hydrogen-bond acceptors (Lipinski definition) is 2. The van der Waals surface area contributed by atoms with Gasteiger partial charge in [0.25, 0.3) is 0 Å². The number of rotatable bonds is 3. The van der Waals surface area contributed by atoms with Crippen LogP contribution in [0.3, 0.4) is 0 Å². The van der Waals surface area contributed by atoms with E-state index < -0.39 is 0 Å². The maximum atomic E-state index is 6.05. The van der Waals surface area contributed by atoms with Gasteiger partial charge in [0.15, 0.2) is 0 Å². The fourth-order valence-electron chi connectivity index (χ4n) is 2.41. The van der Waals surface area contributed by atoms with Gasteiger partial charge in [0.05, 0.1) is 0 Å². The molecule has 1 aliphatic heterocycles. The van der Waals surface area contributed by atoms with Crippen LogP contribution in [-0.2, 0) is 0 Å². The van der Waals surface area contributed by atoms with Gasteiger partial charge in [-0.05, 0) is 24.1 Å². The Morgan fingerprint density at radius 2 is 1.94 bits per heavy atom. The van der Waals surface area contributed by atoms with Gasteiger partial charge in [0.1, 0.15) is 0 Å². The second-order valence-corrected chi connectivity index (χ2v) is 4.70. The van der Waals surface area contributed by atoms with Crippen molar-refractivity contribution >= 4 is 36.4 Å². The Morgan fingerprint density at radius 1 is 1.28 bits per heavy atom. The van der Waals surface area contributed by atoms with E-state index in [4.69, 9.17) is 11.6 Å². The molecule has 0 spiro atoms. The summed E-state index contributed by atoms with van der Waals surface area (Å²) in [4.78, 5) is 2.54. The van der Waals surface area contributed by atoms with Crippen molar-refractivity contribution in [3.63, 3.8) is 0 Å². The standard InChI is InChI=1S/C13H19ClN2.2ClH/c1-2-13(16-8-6-15-7-9-16)11-4-3-5-12(14)10-11;;/h3-5,10,13,15H,2,6-9H2,1H3;2*1H/t13-;;/m1../s1. The molecule has 0 aromatic heterocycles. The van der Waals surface area contributed by atoms with E-state index in [0.717, 1.165) is 37.6 Å². The minimum absolute atomic E-state index is 0. The zero-order valence-electron chi connectivity index (χ0n) is 10.6. The van der Waals surface area contributed by atoms with Crippen LogP contribution in [0.15, 0.2) is 24.3 Å². The van der Waals surface area contributed by atoms with Crippen LogP contribution in [0.25, 0.3) is 0 Å². The highest BCUT2D eigenvalue weighted by Crippen LogP contribution is 2.26. The summed E-state index contributed by atoms with van der Waals surface area (Å²) in [6.45, 7) is 6.69. The topological polar surface area (TPSA) is 15.3 Å². The SMILES string of the molecule is CC[C@H](c1cccc(Cl)c1)N1CCNCC1.Cl.Cl. The normalized spacial score (nSPS) is 17.4. The quantitative estimate of drug-likeness (QED) is 0.918. The predicted octanol–water partition coefficient (Wildman–Crippen LogP) is 3.54. The smallest absolute Gasteiger partial charge is 0.0409 e. The average molecular weight is 312 g/mol. The van der Waals surface area contributed by atoms with Crippen molar-refractivity contribution in [3.8, 4) is 0 Å². The number of halogens is 3. The summed E-state index contributed by atoms with van der Waals surface area (Å²) in [5.41, 5.74) is 1.34. The van der Waals surface area contributed by atoms with Gasteiger partial charge in [-0.15, -0.1) is 24.8 Å². The van der Waals surface area contributed by atoms with E-state index in [1.54, 1.807) is 0 Å². The summed E-state index contributed by atoms with van der Waals surface area (Å²) in [6.07, 6.45) is 1.14. The van der Waals surface area contributed by atoms with Gasteiger partial charge in [-0.3, -0.25) is 4.90 Å². The second-order valence-electron chi connectivity index (χ2n) is 4.27. The Balaban J connectivity index is 0.00000144. The minimum atomic E-state index is 0. The molecule has 1 aromatic rings. The second kappa shape index (κ2) is 9.00. The molecule has 0 saturated carbocycles. The molecule has 2 nitrogen and oxygen atoms in total. The summed E-state index contributed by atoms with van der Waals surface area (Å²) < 4.78 is 0. The molecule has 1 N–H and O–H groups in total. The summed E-state index contributed by atoms with van der Waals surface area (Å²) in [5.74, 6) is 0. The van der Waals surface area contributed by atoms with Crippen LogP contribution >= 0.6 is 36.4 Å². The summed E-state index contributed by atoms with van der Waals surface area (Å²) >= 11 is 6.05. The third-order valence-corrected chi connectivity index (χ3v) is 3.45. The highest BCUT2D eigenvalue weighted by molar-refractivity contribution is 6.30. The van der Waals surface area contributed by atoms with Crippen LogP contribution in [0, 0.1) is 0 Å². The largest absolute Gasteiger partial charge is 0.314 e. The average Bonchev–Trinajstić information content (AvgIpc) is 2.31. The molecule has 1 aliphatic rings. The fourth-order valence-corrected chi connectivity index (χ4v) is 2.61. The Hall–Kier alpha value is 0.01000. The van der Waals surface area contributed by atoms with Gasteiger partial charge in [-0.1, -0.05) is 30.7 Å². The highest BCUT2D eigenvalue weighted by Gasteiger charge is 2.20. The van der Waals surface area contributed by atoms with Gasteiger partial charge < -0.3 is 5.32 Å². The van der Waals surface area contributed by atoms with Crippen LogP contribution in [-0.4, -0.2) is 31.1 Å².